The molecule has 0 radical (unpaired) electrons. The number of likely N-dealkylation sites (tertiary alicyclic amines) is 1. The van der Waals surface area contributed by atoms with Gasteiger partial charge in [-0.15, -0.1) is 0 Å². The molecule has 206 valence electrons. The molecule has 2 heterocycles. The number of aromatic amines is 1. The van der Waals surface area contributed by atoms with Gasteiger partial charge in [-0.3, -0.25) is 15.0 Å². The van der Waals surface area contributed by atoms with Crippen molar-refractivity contribution in [2.75, 3.05) is 31.3 Å². The van der Waals surface area contributed by atoms with Crippen LogP contribution in [0.3, 0.4) is 0 Å². The number of quaternary nitrogens is 1. The summed E-state index contributed by atoms with van der Waals surface area (Å²) in [5.74, 6) is -0.217. The number of hydrogen-bond acceptors (Lipinski definition) is 4. The topological polar surface area (TPSA) is 94.3 Å². The standard InChI is InChI=1S/C32H35N5O3/c1-21-9-8-18-37(21,31(39)30(36(3)4)24-10-6-5-7-11-24)32(40)34-27-16-17-28-25(19-27)20-29(35-28)23-12-14-26(15-13-23)33-22(2)38/h5-7,10-17,19-21,30,35H,8-9,18H2,1-4H3,(H-,33,34,38,40)/p+1/t21-,30-,37?/m1/s1. The zero-order valence-corrected chi connectivity index (χ0v) is 23.4. The van der Waals surface area contributed by atoms with Crippen LogP contribution >= 0.6 is 0 Å². The number of fused-ring (bicyclic) bond motifs is 1. The molecule has 0 saturated carbocycles. The van der Waals surface area contributed by atoms with Gasteiger partial charge in [0.15, 0.2) is 6.04 Å². The molecule has 8 heteroatoms. The minimum absolute atomic E-state index is 0.105. The van der Waals surface area contributed by atoms with Crippen LogP contribution < -0.4 is 10.6 Å². The molecule has 1 saturated heterocycles. The second-order valence-electron chi connectivity index (χ2n) is 10.9. The quantitative estimate of drug-likeness (QED) is 0.257. The van der Waals surface area contributed by atoms with Gasteiger partial charge in [0.25, 0.3) is 0 Å². The van der Waals surface area contributed by atoms with E-state index >= 15 is 0 Å². The first-order chi connectivity index (χ1) is 19.2. The minimum atomic E-state index is -0.528. The number of likely N-dealkylation sites (N-methyl/N-ethyl adjacent to an activating group) is 1. The molecule has 4 amide bonds. The van der Waals surface area contributed by atoms with E-state index in [-0.39, 0.29) is 28.4 Å². The molecular formula is C32H36N5O3+. The third-order valence-electron chi connectivity index (χ3n) is 7.89. The molecule has 1 unspecified atom stereocenters. The Balaban J connectivity index is 1.41. The molecule has 4 aromatic rings. The molecule has 1 fully saturated rings. The predicted molar refractivity (Wildman–Crippen MR) is 159 cm³/mol. The molecule has 5 rings (SSSR count). The van der Waals surface area contributed by atoms with Crippen LogP contribution in [-0.4, -0.2) is 58.9 Å². The van der Waals surface area contributed by atoms with E-state index in [9.17, 15) is 14.4 Å². The number of benzene rings is 3. The molecule has 1 aliphatic rings. The summed E-state index contributed by atoms with van der Waals surface area (Å²) in [4.78, 5) is 44.9. The molecular weight excluding hydrogens is 502 g/mol. The zero-order valence-electron chi connectivity index (χ0n) is 23.4. The lowest BCUT2D eigenvalue weighted by Crippen LogP contribution is -2.63. The minimum Gasteiger partial charge on any atom is -0.355 e. The lowest BCUT2D eigenvalue weighted by molar-refractivity contribution is -0.783. The van der Waals surface area contributed by atoms with Gasteiger partial charge in [0, 0.05) is 47.7 Å². The van der Waals surface area contributed by atoms with Gasteiger partial charge >= 0.3 is 11.9 Å². The van der Waals surface area contributed by atoms with E-state index in [1.54, 1.807) is 0 Å². The Morgan fingerprint density at radius 2 is 1.62 bits per heavy atom. The number of hydrogen-bond donors (Lipinski definition) is 3. The van der Waals surface area contributed by atoms with Crippen LogP contribution in [0.5, 0.6) is 0 Å². The fourth-order valence-corrected chi connectivity index (χ4v) is 5.85. The van der Waals surface area contributed by atoms with Gasteiger partial charge in [0.05, 0.1) is 6.54 Å². The first kappa shape index (κ1) is 27.3. The van der Waals surface area contributed by atoms with Crippen molar-refractivity contribution in [2.45, 2.75) is 38.8 Å². The molecule has 3 aromatic carbocycles. The summed E-state index contributed by atoms with van der Waals surface area (Å²) in [6.07, 6.45) is 1.63. The molecule has 8 nitrogen and oxygen atoms in total. The highest BCUT2D eigenvalue weighted by Gasteiger charge is 2.55. The van der Waals surface area contributed by atoms with Gasteiger partial charge in [-0.2, -0.15) is 4.48 Å². The molecule has 40 heavy (non-hydrogen) atoms. The number of anilines is 2. The third kappa shape index (κ3) is 5.15. The molecule has 1 aromatic heterocycles. The number of nitrogens with zero attached hydrogens (tertiary/aromatic N) is 2. The second kappa shape index (κ2) is 11.1. The van der Waals surface area contributed by atoms with E-state index < -0.39 is 6.04 Å². The molecule has 3 N–H and O–H groups in total. The Kier molecular flexibility index (Phi) is 7.56. The first-order valence-corrected chi connectivity index (χ1v) is 13.6. The van der Waals surface area contributed by atoms with Crippen molar-refractivity contribution >= 4 is 40.1 Å². The summed E-state index contributed by atoms with van der Waals surface area (Å²) in [7, 11) is 3.77. The Hall–Kier alpha value is -4.27. The van der Waals surface area contributed by atoms with Gasteiger partial charge in [-0.25, -0.2) is 9.59 Å². The lowest BCUT2D eigenvalue weighted by Gasteiger charge is -2.37. The smallest absolute Gasteiger partial charge is 0.355 e. The second-order valence-corrected chi connectivity index (χ2v) is 10.9. The van der Waals surface area contributed by atoms with Crippen LogP contribution in [0.25, 0.3) is 22.2 Å². The van der Waals surface area contributed by atoms with Crippen molar-refractivity contribution in [2.24, 2.45) is 0 Å². The number of carbonyl (C=O) groups is 3. The normalized spacial score (nSPS) is 19.5. The van der Waals surface area contributed by atoms with E-state index in [1.165, 1.54) is 6.92 Å². The number of urea groups is 1. The van der Waals surface area contributed by atoms with Crippen molar-refractivity contribution < 1.29 is 18.9 Å². The lowest BCUT2D eigenvalue weighted by atomic mass is 10.0. The van der Waals surface area contributed by atoms with Gasteiger partial charge < -0.3 is 10.3 Å². The van der Waals surface area contributed by atoms with E-state index in [2.05, 4.69) is 15.6 Å². The van der Waals surface area contributed by atoms with Gasteiger partial charge in [-0.1, -0.05) is 42.5 Å². The van der Waals surface area contributed by atoms with E-state index in [4.69, 9.17) is 0 Å². The van der Waals surface area contributed by atoms with E-state index in [1.807, 2.05) is 105 Å². The van der Waals surface area contributed by atoms with Gasteiger partial charge in [-0.05, 0) is 68.5 Å². The van der Waals surface area contributed by atoms with Crippen LogP contribution in [0.15, 0.2) is 78.9 Å². The van der Waals surface area contributed by atoms with Crippen LogP contribution in [0.4, 0.5) is 16.2 Å². The Morgan fingerprint density at radius 3 is 2.25 bits per heavy atom. The van der Waals surface area contributed by atoms with Crippen LogP contribution in [0, 0.1) is 0 Å². The van der Waals surface area contributed by atoms with Gasteiger partial charge in [0.1, 0.15) is 6.04 Å². The highest BCUT2D eigenvalue weighted by molar-refractivity contribution is 5.97. The highest BCUT2D eigenvalue weighted by atomic mass is 16.2. The monoisotopic (exact) mass is 538 g/mol. The van der Waals surface area contributed by atoms with Crippen molar-refractivity contribution in [3.05, 3.63) is 84.4 Å². The maximum absolute atomic E-state index is 14.2. The number of imide groups is 1. The molecule has 3 atom stereocenters. The Morgan fingerprint density at radius 1 is 0.925 bits per heavy atom. The van der Waals surface area contributed by atoms with Crippen molar-refractivity contribution in [3.63, 3.8) is 0 Å². The SMILES string of the molecule is CC(=O)Nc1ccc(-c2cc3cc(NC(=O)[N+]4(C(=O)[C@@H](c5ccccc5)N(C)C)CCC[C@H]4C)ccc3[nH]2)cc1. The van der Waals surface area contributed by atoms with Crippen molar-refractivity contribution in [1.82, 2.24) is 9.88 Å². The summed E-state index contributed by atoms with van der Waals surface area (Å²) in [6, 6.07) is 24.1. The Labute approximate surface area is 234 Å². The Bertz CT molecular complexity index is 1540. The fraction of sp³-hybridized carbons (Fsp3) is 0.281. The zero-order chi connectivity index (χ0) is 28.4. The average Bonchev–Trinajstić information content (AvgIpc) is 3.53. The largest absolute Gasteiger partial charge is 0.428 e. The van der Waals surface area contributed by atoms with Crippen molar-refractivity contribution in [3.8, 4) is 11.3 Å². The predicted octanol–water partition coefficient (Wildman–Crippen LogP) is 6.15. The van der Waals surface area contributed by atoms with E-state index in [0.29, 0.717) is 12.2 Å². The maximum atomic E-state index is 14.2. The fourth-order valence-electron chi connectivity index (χ4n) is 5.85. The number of H-pyrrole nitrogens is 1. The number of carbonyl (C=O) groups excluding carboxylic acids is 3. The molecule has 0 aliphatic carbocycles. The summed E-state index contributed by atoms with van der Waals surface area (Å²) < 4.78 is -0.227. The number of aromatic nitrogens is 1. The highest BCUT2D eigenvalue weighted by Crippen LogP contribution is 2.35. The first-order valence-electron chi connectivity index (χ1n) is 13.6. The molecule has 1 aliphatic heterocycles. The maximum Gasteiger partial charge on any atom is 0.428 e. The van der Waals surface area contributed by atoms with Crippen LogP contribution in [0.1, 0.15) is 38.3 Å². The molecule has 0 bridgehead atoms. The van der Waals surface area contributed by atoms with E-state index in [0.717, 1.165) is 46.3 Å². The number of nitrogens with one attached hydrogen (secondary N) is 3. The van der Waals surface area contributed by atoms with Crippen LogP contribution in [0.2, 0.25) is 0 Å². The van der Waals surface area contributed by atoms with Crippen molar-refractivity contribution in [1.29, 1.82) is 0 Å². The summed E-state index contributed by atoms with van der Waals surface area (Å²) in [6.45, 7) is 3.96. The summed E-state index contributed by atoms with van der Waals surface area (Å²) in [5, 5.41) is 6.81. The van der Waals surface area contributed by atoms with Gasteiger partial charge in [0.2, 0.25) is 5.91 Å². The third-order valence-corrected chi connectivity index (χ3v) is 7.89. The van der Waals surface area contributed by atoms with Crippen LogP contribution in [-0.2, 0) is 9.59 Å². The summed E-state index contributed by atoms with van der Waals surface area (Å²) >= 11 is 0. The molecule has 0 spiro atoms. The summed E-state index contributed by atoms with van der Waals surface area (Å²) in [5.41, 5.74) is 5.11. The number of amides is 4. The number of rotatable bonds is 6. The average molecular weight is 539 g/mol.